The average molecular weight is 462 g/mol. The van der Waals surface area contributed by atoms with Gasteiger partial charge in [0.15, 0.2) is 17.3 Å². The maximum absolute atomic E-state index is 12.3. The lowest BCUT2D eigenvalue weighted by Gasteiger charge is -2.28. The molecule has 0 radical (unpaired) electrons. The first-order valence-electron chi connectivity index (χ1n) is 11.1. The lowest BCUT2D eigenvalue weighted by atomic mass is 10.1. The first-order chi connectivity index (χ1) is 16.4. The van der Waals surface area contributed by atoms with Gasteiger partial charge in [-0.25, -0.2) is 15.0 Å². The number of amides is 1. The van der Waals surface area contributed by atoms with Crippen LogP contribution in [0.1, 0.15) is 29.4 Å². The number of hydrogen-bond donors (Lipinski definition) is 3. The monoisotopic (exact) mass is 461 g/mol. The molecule has 5 rings (SSSR count). The van der Waals surface area contributed by atoms with Crippen molar-refractivity contribution in [1.82, 2.24) is 39.2 Å². The van der Waals surface area contributed by atoms with E-state index in [1.807, 2.05) is 22.5 Å². The van der Waals surface area contributed by atoms with Crippen LogP contribution < -0.4 is 16.4 Å². The predicted octanol–water partition coefficient (Wildman–Crippen LogP) is 1.77. The van der Waals surface area contributed by atoms with Crippen molar-refractivity contribution in [2.45, 2.75) is 18.9 Å². The number of pyridine rings is 1. The largest absolute Gasteiger partial charge is 0.371 e. The third-order valence-corrected chi connectivity index (χ3v) is 6.19. The van der Waals surface area contributed by atoms with Crippen LogP contribution in [0.2, 0.25) is 0 Å². The fourth-order valence-corrected chi connectivity index (χ4v) is 4.27. The van der Waals surface area contributed by atoms with E-state index in [4.69, 9.17) is 5.73 Å². The highest BCUT2D eigenvalue weighted by Gasteiger charge is 2.23. The second kappa shape index (κ2) is 8.71. The van der Waals surface area contributed by atoms with Crippen molar-refractivity contribution in [2.75, 3.05) is 37.8 Å². The van der Waals surface area contributed by atoms with Gasteiger partial charge in [0.25, 0.3) is 5.91 Å². The Morgan fingerprint density at radius 2 is 1.91 bits per heavy atom. The average Bonchev–Trinajstić information content (AvgIpc) is 3.46. The zero-order valence-corrected chi connectivity index (χ0v) is 19.4. The summed E-state index contributed by atoms with van der Waals surface area (Å²) in [6.07, 6.45) is 10.8. The van der Waals surface area contributed by atoms with E-state index in [1.165, 1.54) is 0 Å². The Kier molecular flexibility index (Phi) is 5.57. The highest BCUT2D eigenvalue weighted by Crippen LogP contribution is 2.32. The van der Waals surface area contributed by atoms with Gasteiger partial charge in [-0.3, -0.25) is 14.5 Å². The van der Waals surface area contributed by atoms with Crippen LogP contribution in [-0.4, -0.2) is 72.3 Å². The first-order valence-corrected chi connectivity index (χ1v) is 11.1. The molecule has 1 saturated heterocycles. The van der Waals surface area contributed by atoms with Crippen LogP contribution in [0.25, 0.3) is 22.3 Å². The Bertz CT molecular complexity index is 1350. The fourth-order valence-electron chi connectivity index (χ4n) is 4.27. The Morgan fingerprint density at radius 3 is 2.65 bits per heavy atom. The smallest absolute Gasteiger partial charge is 0.271 e. The lowest BCUT2D eigenvalue weighted by Crippen LogP contribution is -2.31. The highest BCUT2D eigenvalue weighted by atomic mass is 16.1. The molecule has 1 aliphatic rings. The summed E-state index contributed by atoms with van der Waals surface area (Å²) in [6, 6.07) is 0.343. The van der Waals surface area contributed by atoms with Gasteiger partial charge in [-0.1, -0.05) is 0 Å². The van der Waals surface area contributed by atoms with Crippen LogP contribution >= 0.6 is 0 Å². The van der Waals surface area contributed by atoms with E-state index in [0.717, 1.165) is 31.4 Å². The van der Waals surface area contributed by atoms with Gasteiger partial charge in [0.1, 0.15) is 11.2 Å². The van der Waals surface area contributed by atoms with Gasteiger partial charge >= 0.3 is 0 Å². The number of nitrogens with two attached hydrogens (primary N) is 1. The van der Waals surface area contributed by atoms with Crippen LogP contribution in [0.15, 0.2) is 31.1 Å². The second-order valence-electron chi connectivity index (χ2n) is 8.51. The number of rotatable bonds is 6. The SMILES string of the molecule is CNc1nc(Nc2cnn(C3CCN(C)CC3)c2)c(C(N)=O)nc1-c1cncc2c1ncn2C. The van der Waals surface area contributed by atoms with Gasteiger partial charge in [-0.15, -0.1) is 0 Å². The number of nitrogens with zero attached hydrogens (tertiary/aromatic N) is 8. The summed E-state index contributed by atoms with van der Waals surface area (Å²) >= 11 is 0. The number of likely N-dealkylation sites (tertiary alicyclic amines) is 1. The predicted molar refractivity (Wildman–Crippen MR) is 129 cm³/mol. The van der Waals surface area contributed by atoms with E-state index in [-0.39, 0.29) is 11.5 Å². The summed E-state index contributed by atoms with van der Waals surface area (Å²) in [7, 11) is 5.76. The number of primary amides is 1. The number of aryl methyl sites for hydroxylation is 1. The molecule has 1 aliphatic heterocycles. The highest BCUT2D eigenvalue weighted by molar-refractivity contribution is 5.99. The van der Waals surface area contributed by atoms with Crippen molar-refractivity contribution < 1.29 is 4.79 Å². The minimum atomic E-state index is -0.692. The molecule has 1 amide bonds. The van der Waals surface area contributed by atoms with Gasteiger partial charge in [0, 0.05) is 26.5 Å². The van der Waals surface area contributed by atoms with E-state index >= 15 is 0 Å². The number of piperidine rings is 1. The second-order valence-corrected chi connectivity index (χ2v) is 8.51. The molecule has 0 atom stereocenters. The van der Waals surface area contributed by atoms with Gasteiger partial charge in [0.2, 0.25) is 0 Å². The molecule has 34 heavy (non-hydrogen) atoms. The van der Waals surface area contributed by atoms with Gasteiger partial charge in [-0.2, -0.15) is 5.10 Å². The van der Waals surface area contributed by atoms with E-state index in [9.17, 15) is 4.79 Å². The number of nitrogens with one attached hydrogen (secondary N) is 2. The number of anilines is 3. The summed E-state index contributed by atoms with van der Waals surface area (Å²) in [5.74, 6) is 0.0302. The number of hydrogen-bond acceptors (Lipinski definition) is 9. The zero-order valence-electron chi connectivity index (χ0n) is 19.4. The minimum absolute atomic E-state index is 0.0222. The molecule has 5 heterocycles. The molecular formula is C22H27N11O. The lowest BCUT2D eigenvalue weighted by molar-refractivity contribution is 0.0996. The van der Waals surface area contributed by atoms with Crippen molar-refractivity contribution in [3.8, 4) is 11.3 Å². The topological polar surface area (TPSA) is 145 Å². The molecule has 0 saturated carbocycles. The molecule has 0 unspecified atom stereocenters. The fraction of sp³-hybridized carbons (Fsp3) is 0.364. The summed E-state index contributed by atoms with van der Waals surface area (Å²) in [5.41, 5.74) is 9.07. The van der Waals surface area contributed by atoms with E-state index in [0.29, 0.717) is 34.3 Å². The molecule has 0 spiro atoms. The molecule has 4 aromatic rings. The third-order valence-electron chi connectivity index (χ3n) is 6.19. The molecule has 0 bridgehead atoms. The van der Waals surface area contributed by atoms with Crippen LogP contribution in [0.4, 0.5) is 17.3 Å². The zero-order chi connectivity index (χ0) is 23.8. The maximum atomic E-state index is 12.3. The Morgan fingerprint density at radius 1 is 1.12 bits per heavy atom. The molecule has 1 fully saturated rings. The summed E-state index contributed by atoms with van der Waals surface area (Å²) in [5, 5.41) is 10.8. The quantitative estimate of drug-likeness (QED) is 0.391. The van der Waals surface area contributed by atoms with Crippen LogP contribution in [0.5, 0.6) is 0 Å². The Balaban J connectivity index is 1.51. The van der Waals surface area contributed by atoms with Crippen LogP contribution in [-0.2, 0) is 7.05 Å². The third kappa shape index (κ3) is 3.92. The Hall–Kier alpha value is -4.06. The standard InChI is InChI=1S/C22H27N11O/c1-24-21-18(15-9-25-10-16-17(15)26-12-32(16)3)29-19(20(23)34)22(30-21)28-13-8-27-33(11-13)14-4-6-31(2)7-5-14/h8-12,14H,4-7H2,1-3H3,(H2,23,34)(H2,24,28,30). The van der Waals surface area contributed by atoms with E-state index < -0.39 is 5.91 Å². The molecule has 4 N–H and O–H groups in total. The molecule has 0 aliphatic carbocycles. The van der Waals surface area contributed by atoms with Crippen molar-refractivity contribution in [2.24, 2.45) is 12.8 Å². The summed E-state index contributed by atoms with van der Waals surface area (Å²) in [6.45, 7) is 2.07. The molecular weight excluding hydrogens is 434 g/mol. The van der Waals surface area contributed by atoms with Crippen molar-refractivity contribution in [3.05, 3.63) is 36.8 Å². The normalized spacial score (nSPS) is 15.0. The molecule has 12 heteroatoms. The first kappa shape index (κ1) is 21.8. The van der Waals surface area contributed by atoms with Crippen LogP contribution in [0.3, 0.4) is 0 Å². The van der Waals surface area contributed by atoms with Crippen molar-refractivity contribution in [3.63, 3.8) is 0 Å². The van der Waals surface area contributed by atoms with Crippen molar-refractivity contribution >= 4 is 34.3 Å². The van der Waals surface area contributed by atoms with Gasteiger partial charge in [-0.05, 0) is 33.0 Å². The van der Waals surface area contributed by atoms with Crippen LogP contribution in [0, 0.1) is 0 Å². The molecule has 0 aromatic carbocycles. The summed E-state index contributed by atoms with van der Waals surface area (Å²) in [4.78, 5) is 32.7. The minimum Gasteiger partial charge on any atom is -0.371 e. The molecule has 12 nitrogen and oxygen atoms in total. The maximum Gasteiger partial charge on any atom is 0.271 e. The van der Waals surface area contributed by atoms with Crippen molar-refractivity contribution in [1.29, 1.82) is 0 Å². The number of imidazole rings is 1. The molecule has 4 aromatic heterocycles. The molecule has 176 valence electrons. The Labute approximate surface area is 196 Å². The van der Waals surface area contributed by atoms with Gasteiger partial charge < -0.3 is 25.8 Å². The number of aromatic nitrogens is 7. The number of carbonyl (C=O) groups is 1. The summed E-state index contributed by atoms with van der Waals surface area (Å²) < 4.78 is 3.83. The number of carbonyl (C=O) groups excluding carboxylic acids is 1. The van der Waals surface area contributed by atoms with E-state index in [1.54, 1.807) is 32.0 Å². The van der Waals surface area contributed by atoms with Gasteiger partial charge in [0.05, 0.1) is 41.5 Å². The van der Waals surface area contributed by atoms with E-state index in [2.05, 4.69) is 47.6 Å². The number of fused-ring (bicyclic) bond motifs is 1.